The van der Waals surface area contributed by atoms with Crippen LogP contribution in [-0.2, 0) is 7.05 Å². The van der Waals surface area contributed by atoms with Crippen molar-refractivity contribution in [2.45, 2.75) is 19.9 Å². The van der Waals surface area contributed by atoms with Gasteiger partial charge < -0.3 is 10.3 Å². The molecule has 0 unspecified atom stereocenters. The number of aryl methyl sites for hydroxylation is 1. The van der Waals surface area contributed by atoms with E-state index in [4.69, 9.17) is 5.73 Å². The van der Waals surface area contributed by atoms with E-state index in [0.29, 0.717) is 11.9 Å². The van der Waals surface area contributed by atoms with Crippen molar-refractivity contribution in [3.63, 3.8) is 0 Å². The Balaban J connectivity index is 2.04. The van der Waals surface area contributed by atoms with Gasteiger partial charge in [0.25, 0.3) is 0 Å². The molecular formula is C19H20N4. The maximum atomic E-state index is 5.92. The van der Waals surface area contributed by atoms with Gasteiger partial charge in [-0.15, -0.1) is 0 Å². The monoisotopic (exact) mass is 304 g/mol. The van der Waals surface area contributed by atoms with Crippen molar-refractivity contribution in [3.05, 3.63) is 48.5 Å². The van der Waals surface area contributed by atoms with Gasteiger partial charge in [0, 0.05) is 46.5 Å². The van der Waals surface area contributed by atoms with Gasteiger partial charge in [0.05, 0.1) is 5.69 Å². The minimum absolute atomic E-state index is 0.411. The summed E-state index contributed by atoms with van der Waals surface area (Å²) in [7, 11) is 1.86. The largest absolute Gasteiger partial charge is 0.384 e. The summed E-state index contributed by atoms with van der Waals surface area (Å²) < 4.78 is 4.10. The van der Waals surface area contributed by atoms with E-state index in [1.165, 1.54) is 21.8 Å². The van der Waals surface area contributed by atoms with Crippen LogP contribution in [0.3, 0.4) is 0 Å². The van der Waals surface area contributed by atoms with E-state index in [9.17, 15) is 0 Å². The van der Waals surface area contributed by atoms with Gasteiger partial charge >= 0.3 is 0 Å². The number of nitrogens with zero attached hydrogens (tertiary/aromatic N) is 3. The maximum absolute atomic E-state index is 5.92. The van der Waals surface area contributed by atoms with Gasteiger partial charge in [-0.25, -0.2) is 0 Å². The second kappa shape index (κ2) is 4.88. The minimum Gasteiger partial charge on any atom is -0.384 e. The number of anilines is 1. The van der Waals surface area contributed by atoms with Gasteiger partial charge in [0.2, 0.25) is 0 Å². The van der Waals surface area contributed by atoms with Gasteiger partial charge in [-0.2, -0.15) is 5.10 Å². The number of aromatic nitrogens is 3. The first-order valence-electron chi connectivity index (χ1n) is 7.89. The smallest absolute Gasteiger partial charge is 0.121 e. The Hall–Kier alpha value is -2.75. The Morgan fingerprint density at radius 1 is 0.957 bits per heavy atom. The topological polar surface area (TPSA) is 48.8 Å². The second-order valence-electron chi connectivity index (χ2n) is 6.29. The Labute approximate surface area is 135 Å². The highest BCUT2D eigenvalue weighted by Gasteiger charge is 2.14. The zero-order chi connectivity index (χ0) is 16.1. The average Bonchev–Trinajstić information content (AvgIpc) is 3.04. The van der Waals surface area contributed by atoms with Crippen molar-refractivity contribution in [2.75, 3.05) is 5.73 Å². The zero-order valence-corrected chi connectivity index (χ0v) is 13.6. The summed E-state index contributed by atoms with van der Waals surface area (Å²) in [6.45, 7) is 4.44. The number of nitrogen functional groups attached to an aromatic ring is 1. The van der Waals surface area contributed by atoms with Crippen LogP contribution in [0.15, 0.2) is 48.5 Å². The third-order valence-electron chi connectivity index (χ3n) is 4.44. The molecule has 4 nitrogen and oxygen atoms in total. The van der Waals surface area contributed by atoms with Gasteiger partial charge in [-0.3, -0.25) is 4.68 Å². The van der Waals surface area contributed by atoms with Crippen molar-refractivity contribution in [1.29, 1.82) is 0 Å². The van der Waals surface area contributed by atoms with Crippen LogP contribution in [0, 0.1) is 0 Å². The van der Waals surface area contributed by atoms with Crippen LogP contribution in [0.5, 0.6) is 0 Å². The van der Waals surface area contributed by atoms with Gasteiger partial charge in [-0.05, 0) is 32.0 Å². The zero-order valence-electron chi connectivity index (χ0n) is 13.6. The molecule has 4 heteroatoms. The van der Waals surface area contributed by atoms with E-state index in [-0.39, 0.29) is 0 Å². The molecule has 2 heterocycles. The summed E-state index contributed by atoms with van der Waals surface area (Å²) in [4.78, 5) is 0. The Kier molecular flexibility index (Phi) is 2.94. The first kappa shape index (κ1) is 13.9. The molecule has 0 aliphatic heterocycles. The summed E-state index contributed by atoms with van der Waals surface area (Å²) in [5.74, 6) is 0.671. The number of hydrogen-bond donors (Lipinski definition) is 1. The molecule has 0 saturated carbocycles. The number of fused-ring (bicyclic) bond motifs is 3. The minimum atomic E-state index is 0.411. The predicted octanol–water partition coefficient (Wildman–Crippen LogP) is 4.36. The number of rotatable bonds is 2. The normalized spacial score (nSPS) is 11.8. The lowest BCUT2D eigenvalue weighted by molar-refractivity contribution is 0.642. The van der Waals surface area contributed by atoms with Crippen LogP contribution in [0.4, 0.5) is 5.82 Å². The first-order chi connectivity index (χ1) is 11.1. The van der Waals surface area contributed by atoms with Crippen LogP contribution < -0.4 is 5.73 Å². The number of benzene rings is 2. The highest BCUT2D eigenvalue weighted by atomic mass is 15.3. The van der Waals surface area contributed by atoms with Crippen molar-refractivity contribution in [1.82, 2.24) is 14.3 Å². The fourth-order valence-corrected chi connectivity index (χ4v) is 3.34. The maximum Gasteiger partial charge on any atom is 0.121 e. The molecule has 23 heavy (non-hydrogen) atoms. The summed E-state index contributed by atoms with van der Waals surface area (Å²) >= 11 is 0. The molecule has 0 bridgehead atoms. The van der Waals surface area contributed by atoms with Crippen molar-refractivity contribution in [2.24, 2.45) is 7.05 Å². The molecule has 2 N–H and O–H groups in total. The van der Waals surface area contributed by atoms with E-state index < -0.39 is 0 Å². The molecule has 4 aromatic rings. The van der Waals surface area contributed by atoms with Crippen LogP contribution in [0.2, 0.25) is 0 Å². The van der Waals surface area contributed by atoms with Gasteiger partial charge in [0.1, 0.15) is 5.82 Å². The molecule has 4 rings (SSSR count). The van der Waals surface area contributed by atoms with E-state index >= 15 is 0 Å². The van der Waals surface area contributed by atoms with E-state index in [1.807, 2.05) is 13.1 Å². The van der Waals surface area contributed by atoms with E-state index in [1.54, 1.807) is 4.68 Å². The Morgan fingerprint density at radius 2 is 1.70 bits per heavy atom. The number of hydrogen-bond acceptors (Lipinski definition) is 2. The molecule has 0 amide bonds. The Bertz CT molecular complexity index is 1000. The lowest BCUT2D eigenvalue weighted by atomic mass is 10.1. The van der Waals surface area contributed by atoms with E-state index in [2.05, 4.69) is 66.0 Å². The summed E-state index contributed by atoms with van der Waals surface area (Å²) in [5, 5.41) is 7.03. The van der Waals surface area contributed by atoms with Gasteiger partial charge in [-0.1, -0.05) is 24.3 Å². The molecule has 2 aromatic carbocycles. The predicted molar refractivity (Wildman–Crippen MR) is 96.4 cm³/mol. The van der Waals surface area contributed by atoms with Gasteiger partial charge in [0.15, 0.2) is 0 Å². The molecule has 0 aliphatic carbocycles. The molecule has 0 fully saturated rings. The standard InChI is InChI=1S/C19H20N4/c1-12(2)23-17-7-5-4-6-14(17)15-10-13(8-9-18(15)23)16-11-19(20)22(3)21-16/h4-12H,20H2,1-3H3. The fraction of sp³-hybridized carbons (Fsp3) is 0.211. The Morgan fingerprint density at radius 3 is 2.39 bits per heavy atom. The van der Waals surface area contributed by atoms with Crippen LogP contribution in [0.25, 0.3) is 33.1 Å². The molecule has 0 atom stereocenters. The first-order valence-corrected chi connectivity index (χ1v) is 7.89. The third-order valence-corrected chi connectivity index (χ3v) is 4.44. The average molecular weight is 304 g/mol. The lowest BCUT2D eigenvalue weighted by Crippen LogP contribution is -1.99. The van der Waals surface area contributed by atoms with Crippen molar-refractivity contribution < 1.29 is 0 Å². The fourth-order valence-electron chi connectivity index (χ4n) is 3.34. The highest BCUT2D eigenvalue weighted by Crippen LogP contribution is 2.34. The van der Waals surface area contributed by atoms with Crippen LogP contribution in [0.1, 0.15) is 19.9 Å². The molecule has 116 valence electrons. The molecule has 0 spiro atoms. The lowest BCUT2D eigenvalue weighted by Gasteiger charge is -2.11. The highest BCUT2D eigenvalue weighted by molar-refractivity contribution is 6.09. The van der Waals surface area contributed by atoms with Crippen LogP contribution in [-0.4, -0.2) is 14.3 Å². The summed E-state index contributed by atoms with van der Waals surface area (Å²) in [6, 6.07) is 17.4. The molecule has 0 aliphatic rings. The number of para-hydroxylation sites is 1. The van der Waals surface area contributed by atoms with Crippen LogP contribution >= 0.6 is 0 Å². The summed E-state index contributed by atoms with van der Waals surface area (Å²) in [6.07, 6.45) is 0. The third kappa shape index (κ3) is 2.02. The molecule has 0 saturated heterocycles. The van der Waals surface area contributed by atoms with Crippen molar-refractivity contribution in [3.8, 4) is 11.3 Å². The SMILES string of the molecule is CC(C)n1c2ccccc2c2cc(-c3cc(N)n(C)n3)ccc21. The summed E-state index contributed by atoms with van der Waals surface area (Å²) in [5.41, 5.74) is 10.5. The molecular weight excluding hydrogens is 284 g/mol. The quantitative estimate of drug-likeness (QED) is 0.598. The molecule has 0 radical (unpaired) electrons. The molecule has 2 aromatic heterocycles. The van der Waals surface area contributed by atoms with Crippen molar-refractivity contribution >= 4 is 27.6 Å². The number of nitrogens with two attached hydrogens (primary N) is 1. The van der Waals surface area contributed by atoms with E-state index in [0.717, 1.165) is 11.3 Å². The second-order valence-corrected chi connectivity index (χ2v) is 6.29.